The lowest BCUT2D eigenvalue weighted by atomic mass is 10.1. The highest BCUT2D eigenvalue weighted by Gasteiger charge is 2.10. The van der Waals surface area contributed by atoms with Crippen molar-refractivity contribution in [2.24, 2.45) is 11.5 Å². The molecule has 0 radical (unpaired) electrons. The first-order valence-corrected chi connectivity index (χ1v) is 3.79. The topological polar surface area (TPSA) is 64.9 Å². The van der Waals surface area contributed by atoms with Gasteiger partial charge in [-0.25, -0.2) is 9.37 Å². The fraction of sp³-hybridized carbons (Fsp3) is 0.286. The number of hydrogen-bond acceptors (Lipinski definition) is 3. The summed E-state index contributed by atoms with van der Waals surface area (Å²) >= 11 is 5.66. The predicted octanol–water partition coefficient (Wildman–Crippen LogP) is 0.833. The standard InChI is InChI=1S/C7H9ClFN3/c8-7-5(6(11)2-10)1-4(9)3-12-7/h1,3,6H,2,10-11H2/t6-/m0/s1. The maximum atomic E-state index is 12.6. The second-order valence-corrected chi connectivity index (χ2v) is 2.73. The fourth-order valence-electron chi connectivity index (χ4n) is 0.825. The average molecular weight is 190 g/mol. The molecule has 0 saturated carbocycles. The van der Waals surface area contributed by atoms with E-state index < -0.39 is 11.9 Å². The monoisotopic (exact) mass is 189 g/mol. The Balaban J connectivity index is 3.04. The van der Waals surface area contributed by atoms with Crippen LogP contribution in [-0.4, -0.2) is 11.5 Å². The second-order valence-electron chi connectivity index (χ2n) is 2.38. The van der Waals surface area contributed by atoms with Gasteiger partial charge in [0.15, 0.2) is 0 Å². The summed E-state index contributed by atoms with van der Waals surface area (Å²) in [7, 11) is 0. The van der Waals surface area contributed by atoms with Crippen molar-refractivity contribution in [3.63, 3.8) is 0 Å². The van der Waals surface area contributed by atoms with Gasteiger partial charge in [0.25, 0.3) is 0 Å². The van der Waals surface area contributed by atoms with E-state index in [9.17, 15) is 4.39 Å². The molecule has 0 fully saturated rings. The Morgan fingerprint density at radius 1 is 1.67 bits per heavy atom. The van der Waals surface area contributed by atoms with Crippen molar-refractivity contribution in [3.8, 4) is 0 Å². The zero-order chi connectivity index (χ0) is 9.14. The number of hydrogen-bond donors (Lipinski definition) is 2. The Morgan fingerprint density at radius 3 is 2.92 bits per heavy atom. The molecular weight excluding hydrogens is 181 g/mol. The molecule has 0 spiro atoms. The van der Waals surface area contributed by atoms with Crippen LogP contribution in [-0.2, 0) is 0 Å². The quantitative estimate of drug-likeness (QED) is 0.678. The van der Waals surface area contributed by atoms with Gasteiger partial charge < -0.3 is 11.5 Å². The summed E-state index contributed by atoms with van der Waals surface area (Å²) in [5.74, 6) is -0.460. The first-order valence-electron chi connectivity index (χ1n) is 3.41. The van der Waals surface area contributed by atoms with Crippen molar-refractivity contribution in [1.82, 2.24) is 4.98 Å². The number of halogens is 2. The molecule has 12 heavy (non-hydrogen) atoms. The molecule has 5 heteroatoms. The SMILES string of the molecule is NC[C@H](N)c1cc(F)cnc1Cl. The van der Waals surface area contributed by atoms with Crippen molar-refractivity contribution in [3.05, 3.63) is 28.8 Å². The van der Waals surface area contributed by atoms with Crippen LogP contribution in [0.3, 0.4) is 0 Å². The number of rotatable bonds is 2. The Labute approximate surface area is 74.5 Å². The summed E-state index contributed by atoms with van der Waals surface area (Å²) in [5, 5.41) is 0.203. The summed E-state index contributed by atoms with van der Waals surface area (Å²) in [6, 6.07) is 0.785. The second kappa shape index (κ2) is 3.80. The molecule has 0 saturated heterocycles. The highest BCUT2D eigenvalue weighted by Crippen LogP contribution is 2.18. The number of aromatic nitrogens is 1. The minimum Gasteiger partial charge on any atom is -0.329 e. The van der Waals surface area contributed by atoms with E-state index in [4.69, 9.17) is 23.1 Å². The lowest BCUT2D eigenvalue weighted by Crippen LogP contribution is -2.21. The largest absolute Gasteiger partial charge is 0.329 e. The van der Waals surface area contributed by atoms with E-state index in [1.807, 2.05) is 0 Å². The number of nitrogens with two attached hydrogens (primary N) is 2. The molecule has 1 heterocycles. The maximum Gasteiger partial charge on any atom is 0.141 e. The summed E-state index contributed by atoms with van der Waals surface area (Å²) < 4.78 is 12.6. The van der Waals surface area contributed by atoms with E-state index in [1.54, 1.807) is 0 Å². The van der Waals surface area contributed by atoms with Crippen molar-refractivity contribution in [2.75, 3.05) is 6.54 Å². The predicted molar refractivity (Wildman–Crippen MR) is 45.2 cm³/mol. The number of nitrogens with zero attached hydrogens (tertiary/aromatic N) is 1. The van der Waals surface area contributed by atoms with E-state index in [-0.39, 0.29) is 11.7 Å². The van der Waals surface area contributed by atoms with Gasteiger partial charge in [0, 0.05) is 18.2 Å². The smallest absolute Gasteiger partial charge is 0.141 e. The van der Waals surface area contributed by atoms with Crippen LogP contribution < -0.4 is 11.5 Å². The Hall–Kier alpha value is -0.710. The highest BCUT2D eigenvalue weighted by atomic mass is 35.5. The van der Waals surface area contributed by atoms with Crippen LogP contribution in [0, 0.1) is 5.82 Å². The highest BCUT2D eigenvalue weighted by molar-refractivity contribution is 6.30. The van der Waals surface area contributed by atoms with Crippen LogP contribution >= 0.6 is 11.6 Å². The van der Waals surface area contributed by atoms with Gasteiger partial charge in [-0.3, -0.25) is 0 Å². The molecular formula is C7H9ClFN3. The normalized spacial score (nSPS) is 13.0. The molecule has 0 aliphatic carbocycles. The maximum absolute atomic E-state index is 12.6. The zero-order valence-corrected chi connectivity index (χ0v) is 7.05. The molecule has 0 amide bonds. The van der Waals surface area contributed by atoms with Gasteiger partial charge >= 0.3 is 0 Å². The molecule has 66 valence electrons. The molecule has 0 aliphatic heterocycles. The molecule has 3 nitrogen and oxygen atoms in total. The van der Waals surface area contributed by atoms with Crippen LogP contribution in [0.2, 0.25) is 5.15 Å². The van der Waals surface area contributed by atoms with Crippen molar-refractivity contribution < 1.29 is 4.39 Å². The van der Waals surface area contributed by atoms with Crippen LogP contribution in [0.25, 0.3) is 0 Å². The first-order chi connectivity index (χ1) is 5.65. The fourth-order valence-corrected chi connectivity index (χ4v) is 1.07. The van der Waals surface area contributed by atoms with Crippen LogP contribution in [0.4, 0.5) is 4.39 Å². The summed E-state index contributed by atoms with van der Waals surface area (Å²) in [6.07, 6.45) is 1.04. The Kier molecular flexibility index (Phi) is 2.97. The molecule has 0 bridgehead atoms. The Bertz CT molecular complexity index is 279. The van der Waals surface area contributed by atoms with E-state index in [2.05, 4.69) is 4.98 Å². The van der Waals surface area contributed by atoms with Gasteiger partial charge in [-0.05, 0) is 6.07 Å². The van der Waals surface area contributed by atoms with E-state index in [1.165, 1.54) is 6.07 Å². The molecule has 1 aromatic rings. The minimum absolute atomic E-state index is 0.203. The zero-order valence-electron chi connectivity index (χ0n) is 6.30. The van der Waals surface area contributed by atoms with Crippen LogP contribution in [0.15, 0.2) is 12.3 Å². The summed E-state index contributed by atoms with van der Waals surface area (Å²) in [4.78, 5) is 3.60. The molecule has 1 aromatic heterocycles. The van der Waals surface area contributed by atoms with Crippen molar-refractivity contribution in [2.45, 2.75) is 6.04 Å². The average Bonchev–Trinajstić information content (AvgIpc) is 2.08. The molecule has 0 aliphatic rings. The van der Waals surface area contributed by atoms with Gasteiger partial charge in [-0.1, -0.05) is 11.6 Å². The minimum atomic E-state index is -0.460. The summed E-state index contributed by atoms with van der Waals surface area (Å²) in [5.41, 5.74) is 11.3. The third-order valence-corrected chi connectivity index (χ3v) is 1.80. The lowest BCUT2D eigenvalue weighted by molar-refractivity contribution is 0.612. The first kappa shape index (κ1) is 9.38. The summed E-state index contributed by atoms with van der Waals surface area (Å²) in [6.45, 7) is 0.213. The van der Waals surface area contributed by atoms with Gasteiger partial charge in [0.2, 0.25) is 0 Å². The molecule has 0 aromatic carbocycles. The van der Waals surface area contributed by atoms with E-state index in [0.29, 0.717) is 5.56 Å². The molecule has 1 rings (SSSR count). The van der Waals surface area contributed by atoms with E-state index >= 15 is 0 Å². The van der Waals surface area contributed by atoms with Crippen molar-refractivity contribution >= 4 is 11.6 Å². The van der Waals surface area contributed by atoms with Crippen LogP contribution in [0.5, 0.6) is 0 Å². The van der Waals surface area contributed by atoms with Crippen molar-refractivity contribution in [1.29, 1.82) is 0 Å². The molecule has 1 atom stereocenters. The number of pyridine rings is 1. The van der Waals surface area contributed by atoms with Gasteiger partial charge in [-0.2, -0.15) is 0 Å². The molecule has 4 N–H and O–H groups in total. The van der Waals surface area contributed by atoms with Crippen LogP contribution in [0.1, 0.15) is 11.6 Å². The van der Waals surface area contributed by atoms with E-state index in [0.717, 1.165) is 6.20 Å². The van der Waals surface area contributed by atoms with Gasteiger partial charge in [0.05, 0.1) is 6.20 Å². The Morgan fingerprint density at radius 2 is 2.33 bits per heavy atom. The van der Waals surface area contributed by atoms with Gasteiger partial charge in [-0.15, -0.1) is 0 Å². The van der Waals surface area contributed by atoms with Gasteiger partial charge in [0.1, 0.15) is 11.0 Å². The lowest BCUT2D eigenvalue weighted by Gasteiger charge is -2.09. The third kappa shape index (κ3) is 1.91. The third-order valence-electron chi connectivity index (χ3n) is 1.49. The molecule has 0 unspecified atom stereocenters.